The first-order chi connectivity index (χ1) is 15.4. The maximum Gasteiger partial charge on any atom is 0.273 e. The number of rotatable bonds is 6. The Balaban J connectivity index is 1.56. The average Bonchev–Trinajstić information content (AvgIpc) is 3.24. The van der Waals surface area contributed by atoms with Crippen LogP contribution in [0.15, 0.2) is 34.9 Å². The molecule has 1 aliphatic rings. The fraction of sp³-hybridized carbons (Fsp3) is 0.478. The van der Waals surface area contributed by atoms with Crippen molar-refractivity contribution in [1.82, 2.24) is 20.7 Å². The molecule has 2 N–H and O–H groups in total. The number of hydrogen-bond donors (Lipinski definition) is 2. The first-order valence-corrected chi connectivity index (χ1v) is 10.7. The molecule has 0 saturated carbocycles. The summed E-state index contributed by atoms with van der Waals surface area (Å²) < 4.78 is 10.1. The minimum absolute atomic E-state index is 0.118. The van der Waals surface area contributed by atoms with Crippen molar-refractivity contribution >= 4 is 17.7 Å². The minimum Gasteiger partial charge on any atom is -0.497 e. The number of carbonyl (C=O) groups is 3. The van der Waals surface area contributed by atoms with E-state index in [2.05, 4.69) is 15.8 Å². The summed E-state index contributed by atoms with van der Waals surface area (Å²) in [6, 6.07) is 8.82. The van der Waals surface area contributed by atoms with Gasteiger partial charge in [0.1, 0.15) is 11.5 Å². The molecule has 0 spiro atoms. The van der Waals surface area contributed by atoms with Gasteiger partial charge in [-0.2, -0.15) is 0 Å². The van der Waals surface area contributed by atoms with Crippen molar-refractivity contribution in [3.05, 3.63) is 47.3 Å². The second-order valence-corrected chi connectivity index (χ2v) is 8.17. The Morgan fingerprint density at radius 2 is 2.00 bits per heavy atom. The fourth-order valence-electron chi connectivity index (χ4n) is 3.75. The standard InChI is InChI=1S/C23H30N4O5/c1-15-11-20(26-32-15)23(30)25-18-6-4-5-17(12-21(28)27(2)14-18)22(29)24-13-16-7-9-19(31-3)10-8-16/h7-11,17-18H,4-6,12-14H2,1-3H3,(H,24,29)(H,25,30). The van der Waals surface area contributed by atoms with Crippen LogP contribution in [0.5, 0.6) is 5.75 Å². The van der Waals surface area contributed by atoms with Crippen LogP contribution >= 0.6 is 0 Å². The average molecular weight is 443 g/mol. The Hall–Kier alpha value is -3.36. The van der Waals surface area contributed by atoms with Crippen molar-refractivity contribution in [3.8, 4) is 5.75 Å². The predicted octanol–water partition coefficient (Wildman–Crippen LogP) is 2.06. The molecule has 0 aliphatic carbocycles. The summed E-state index contributed by atoms with van der Waals surface area (Å²) in [5, 5.41) is 9.61. The van der Waals surface area contributed by atoms with Crippen molar-refractivity contribution in [2.24, 2.45) is 5.92 Å². The van der Waals surface area contributed by atoms with E-state index in [9.17, 15) is 14.4 Å². The first-order valence-electron chi connectivity index (χ1n) is 10.7. The monoisotopic (exact) mass is 442 g/mol. The lowest BCUT2D eigenvalue weighted by atomic mass is 9.96. The molecule has 0 bridgehead atoms. The second kappa shape index (κ2) is 10.8. The van der Waals surface area contributed by atoms with Crippen molar-refractivity contribution in [1.29, 1.82) is 0 Å². The smallest absolute Gasteiger partial charge is 0.273 e. The molecule has 9 heteroatoms. The summed E-state index contributed by atoms with van der Waals surface area (Å²) in [6.45, 7) is 2.48. The second-order valence-electron chi connectivity index (χ2n) is 8.17. The van der Waals surface area contributed by atoms with E-state index in [0.29, 0.717) is 38.1 Å². The highest BCUT2D eigenvalue weighted by Gasteiger charge is 2.28. The largest absolute Gasteiger partial charge is 0.497 e. The van der Waals surface area contributed by atoms with Gasteiger partial charge in [-0.3, -0.25) is 14.4 Å². The number of hydrogen-bond acceptors (Lipinski definition) is 6. The van der Waals surface area contributed by atoms with Crippen molar-refractivity contribution < 1.29 is 23.6 Å². The Morgan fingerprint density at radius 3 is 2.66 bits per heavy atom. The number of aromatic nitrogens is 1. The summed E-state index contributed by atoms with van der Waals surface area (Å²) >= 11 is 0. The summed E-state index contributed by atoms with van der Waals surface area (Å²) in [4.78, 5) is 39.5. The van der Waals surface area contributed by atoms with Crippen molar-refractivity contribution in [3.63, 3.8) is 0 Å². The molecule has 32 heavy (non-hydrogen) atoms. The van der Waals surface area contributed by atoms with Crippen LogP contribution in [0.1, 0.15) is 47.5 Å². The van der Waals surface area contributed by atoms with Crippen LogP contribution in [0.4, 0.5) is 0 Å². The van der Waals surface area contributed by atoms with Crippen LogP contribution in [0.2, 0.25) is 0 Å². The first kappa shape index (κ1) is 23.3. The predicted molar refractivity (Wildman–Crippen MR) is 117 cm³/mol. The van der Waals surface area contributed by atoms with Gasteiger partial charge in [0.15, 0.2) is 5.69 Å². The molecule has 1 aromatic carbocycles. The van der Waals surface area contributed by atoms with Gasteiger partial charge in [0.25, 0.3) is 5.91 Å². The quantitative estimate of drug-likeness (QED) is 0.708. The third kappa shape index (κ3) is 6.32. The fourth-order valence-corrected chi connectivity index (χ4v) is 3.75. The number of amides is 3. The van der Waals surface area contributed by atoms with Crippen LogP contribution in [0, 0.1) is 12.8 Å². The number of nitrogens with one attached hydrogen (secondary N) is 2. The molecule has 2 aromatic rings. The molecular formula is C23H30N4O5. The Labute approximate surface area is 187 Å². The van der Waals surface area contributed by atoms with Gasteiger partial charge in [0.05, 0.1) is 7.11 Å². The van der Waals surface area contributed by atoms with Crippen LogP contribution < -0.4 is 15.4 Å². The summed E-state index contributed by atoms with van der Waals surface area (Å²) in [5.41, 5.74) is 1.17. The van der Waals surface area contributed by atoms with Gasteiger partial charge in [-0.15, -0.1) is 0 Å². The van der Waals surface area contributed by atoms with E-state index in [1.165, 1.54) is 0 Å². The third-order valence-electron chi connectivity index (χ3n) is 5.64. The van der Waals surface area contributed by atoms with Crippen LogP contribution in [0.3, 0.4) is 0 Å². The number of aryl methyl sites for hydroxylation is 1. The zero-order valence-electron chi connectivity index (χ0n) is 18.7. The van der Waals surface area contributed by atoms with E-state index in [-0.39, 0.29) is 35.9 Å². The molecule has 2 unspecified atom stereocenters. The van der Waals surface area contributed by atoms with E-state index < -0.39 is 5.92 Å². The topological polar surface area (TPSA) is 114 Å². The van der Waals surface area contributed by atoms with Crippen LogP contribution in [0.25, 0.3) is 0 Å². The molecular weight excluding hydrogens is 412 g/mol. The summed E-state index contributed by atoms with van der Waals surface area (Å²) in [7, 11) is 3.30. The SMILES string of the molecule is COc1ccc(CNC(=O)C2CCCC(NC(=O)c3cc(C)on3)CN(C)C(=O)C2)cc1. The molecule has 1 aromatic heterocycles. The maximum absolute atomic E-state index is 12.8. The van der Waals surface area contributed by atoms with Gasteiger partial charge < -0.3 is 24.8 Å². The number of nitrogens with zero attached hydrogens (tertiary/aromatic N) is 2. The van der Waals surface area contributed by atoms with E-state index in [1.807, 2.05) is 24.3 Å². The lowest BCUT2D eigenvalue weighted by molar-refractivity contribution is -0.135. The molecule has 1 fully saturated rings. The van der Waals surface area contributed by atoms with E-state index in [4.69, 9.17) is 9.26 Å². The van der Waals surface area contributed by atoms with E-state index in [1.54, 1.807) is 32.0 Å². The third-order valence-corrected chi connectivity index (χ3v) is 5.64. The molecule has 172 valence electrons. The van der Waals surface area contributed by atoms with Crippen LogP contribution in [-0.2, 0) is 16.1 Å². The number of likely N-dealkylation sites (N-methyl/N-ethyl adjacent to an activating group) is 1. The molecule has 1 aliphatic heterocycles. The summed E-state index contributed by atoms with van der Waals surface area (Å²) in [5.74, 6) is 0.318. The highest BCUT2D eigenvalue weighted by atomic mass is 16.5. The van der Waals surface area contributed by atoms with E-state index in [0.717, 1.165) is 11.3 Å². The number of carbonyl (C=O) groups excluding carboxylic acids is 3. The van der Waals surface area contributed by atoms with Gasteiger partial charge >= 0.3 is 0 Å². The lowest BCUT2D eigenvalue weighted by Gasteiger charge is -2.24. The van der Waals surface area contributed by atoms with Crippen molar-refractivity contribution in [2.45, 2.75) is 45.2 Å². The molecule has 9 nitrogen and oxygen atoms in total. The highest BCUT2D eigenvalue weighted by molar-refractivity contribution is 5.92. The van der Waals surface area contributed by atoms with E-state index >= 15 is 0 Å². The van der Waals surface area contributed by atoms with Gasteiger partial charge in [-0.05, 0) is 37.5 Å². The van der Waals surface area contributed by atoms with Gasteiger partial charge in [-0.1, -0.05) is 23.7 Å². The molecule has 0 radical (unpaired) electrons. The maximum atomic E-state index is 12.8. The Kier molecular flexibility index (Phi) is 7.86. The molecule has 1 saturated heterocycles. The van der Waals surface area contributed by atoms with Gasteiger partial charge in [-0.25, -0.2) is 0 Å². The molecule has 3 rings (SSSR count). The molecule has 2 heterocycles. The lowest BCUT2D eigenvalue weighted by Crippen LogP contribution is -2.44. The minimum atomic E-state index is -0.407. The van der Waals surface area contributed by atoms with Crippen molar-refractivity contribution in [2.75, 3.05) is 20.7 Å². The zero-order chi connectivity index (χ0) is 23.1. The Bertz CT molecular complexity index is 940. The molecule has 3 amide bonds. The Morgan fingerprint density at radius 1 is 1.25 bits per heavy atom. The summed E-state index contributed by atoms with van der Waals surface area (Å²) in [6.07, 6.45) is 2.09. The van der Waals surface area contributed by atoms with Crippen LogP contribution in [-0.4, -0.2) is 54.5 Å². The number of methoxy groups -OCH3 is 1. The van der Waals surface area contributed by atoms with Gasteiger partial charge in [0.2, 0.25) is 11.8 Å². The zero-order valence-corrected chi connectivity index (χ0v) is 18.7. The molecule has 2 atom stereocenters. The number of benzene rings is 1. The van der Waals surface area contributed by atoms with Gasteiger partial charge in [0, 0.05) is 44.6 Å². The normalized spacial score (nSPS) is 19.5. The number of ether oxygens (including phenoxy) is 1. The highest BCUT2D eigenvalue weighted by Crippen LogP contribution is 2.19.